The lowest BCUT2D eigenvalue weighted by atomic mass is 10.2. The van der Waals surface area contributed by atoms with Crippen LogP contribution in [0.25, 0.3) is 0 Å². The van der Waals surface area contributed by atoms with Gasteiger partial charge in [-0.15, -0.1) is 0 Å². The summed E-state index contributed by atoms with van der Waals surface area (Å²) in [6.45, 7) is 4.25. The molecule has 0 aliphatic rings. The van der Waals surface area contributed by atoms with E-state index in [9.17, 15) is 8.78 Å². The third kappa shape index (κ3) is 4.83. The first-order valence-corrected chi connectivity index (χ1v) is 4.05. The van der Waals surface area contributed by atoms with Crippen molar-refractivity contribution in [1.29, 1.82) is 0 Å². The third-order valence-corrected chi connectivity index (χ3v) is 1.05. The van der Waals surface area contributed by atoms with Crippen molar-refractivity contribution in [2.24, 2.45) is 0 Å². The zero-order valence-electron chi connectivity index (χ0n) is 7.43. The summed E-state index contributed by atoms with van der Waals surface area (Å²) in [5.41, 5.74) is 0.0810. The van der Waals surface area contributed by atoms with E-state index in [0.29, 0.717) is 0 Å². The minimum Gasteiger partial charge on any atom is -0.205 e. The lowest BCUT2D eigenvalue weighted by molar-refractivity contribution is 0.151. The molecule has 0 bridgehead atoms. The van der Waals surface area contributed by atoms with Crippen LogP contribution >= 0.6 is 0 Å². The molecule has 0 aliphatic carbocycles. The van der Waals surface area contributed by atoms with Crippen LogP contribution in [0.5, 0.6) is 0 Å². The summed E-state index contributed by atoms with van der Waals surface area (Å²) in [5, 5.41) is 0. The molecule has 1 aromatic rings. The Morgan fingerprint density at radius 3 is 1.75 bits per heavy atom. The largest absolute Gasteiger partial charge is 0.263 e. The quantitative estimate of drug-likeness (QED) is 0.599. The Balaban J connectivity index is 0.000000354. The summed E-state index contributed by atoms with van der Waals surface area (Å²) in [7, 11) is 0. The SMILES string of the molecule is CCC.FC(F)c1ccccc1. The lowest BCUT2D eigenvalue weighted by Crippen LogP contribution is -1.79. The molecule has 0 N–H and O–H groups in total. The van der Waals surface area contributed by atoms with Crippen molar-refractivity contribution in [1.82, 2.24) is 0 Å². The highest BCUT2D eigenvalue weighted by molar-refractivity contribution is 5.15. The Kier molecular flexibility index (Phi) is 6.25. The van der Waals surface area contributed by atoms with Gasteiger partial charge in [-0.3, -0.25) is 0 Å². The normalized spacial score (nSPS) is 9.08. The van der Waals surface area contributed by atoms with E-state index in [0.717, 1.165) is 0 Å². The Morgan fingerprint density at radius 1 is 1.08 bits per heavy atom. The van der Waals surface area contributed by atoms with Crippen LogP contribution in [0, 0.1) is 0 Å². The zero-order chi connectivity index (χ0) is 9.40. The molecular formula is C10H14F2. The van der Waals surface area contributed by atoms with Gasteiger partial charge in [-0.1, -0.05) is 50.6 Å². The number of rotatable bonds is 1. The number of alkyl halides is 2. The summed E-state index contributed by atoms with van der Waals surface area (Å²) >= 11 is 0. The fourth-order valence-corrected chi connectivity index (χ4v) is 0.599. The van der Waals surface area contributed by atoms with E-state index < -0.39 is 6.43 Å². The van der Waals surface area contributed by atoms with Gasteiger partial charge in [-0.25, -0.2) is 8.78 Å². The average Bonchev–Trinajstić information content (AvgIpc) is 2.07. The summed E-state index contributed by atoms with van der Waals surface area (Å²) < 4.78 is 23.5. The van der Waals surface area contributed by atoms with Crippen LogP contribution in [0.4, 0.5) is 8.78 Å². The van der Waals surface area contributed by atoms with Gasteiger partial charge in [0.05, 0.1) is 0 Å². The van der Waals surface area contributed by atoms with Gasteiger partial charge in [-0.2, -0.15) is 0 Å². The second-order valence-electron chi connectivity index (χ2n) is 2.42. The predicted molar refractivity (Wildman–Crippen MR) is 47.4 cm³/mol. The third-order valence-electron chi connectivity index (χ3n) is 1.05. The maximum Gasteiger partial charge on any atom is 0.263 e. The Labute approximate surface area is 72.2 Å². The van der Waals surface area contributed by atoms with Crippen molar-refractivity contribution >= 4 is 0 Å². The number of hydrogen-bond acceptors (Lipinski definition) is 0. The van der Waals surface area contributed by atoms with Crippen molar-refractivity contribution in [3.05, 3.63) is 35.9 Å². The molecule has 1 rings (SSSR count). The molecule has 0 fully saturated rings. The van der Waals surface area contributed by atoms with Gasteiger partial charge in [0.1, 0.15) is 0 Å². The first kappa shape index (κ1) is 11.1. The topological polar surface area (TPSA) is 0 Å². The lowest BCUT2D eigenvalue weighted by Gasteiger charge is -1.94. The van der Waals surface area contributed by atoms with Crippen LogP contribution < -0.4 is 0 Å². The van der Waals surface area contributed by atoms with E-state index >= 15 is 0 Å². The van der Waals surface area contributed by atoms with Gasteiger partial charge in [-0.05, 0) is 0 Å². The minimum absolute atomic E-state index is 0.0810. The van der Waals surface area contributed by atoms with E-state index in [4.69, 9.17) is 0 Å². The Hall–Kier alpha value is -0.920. The molecule has 0 nitrogen and oxygen atoms in total. The second-order valence-corrected chi connectivity index (χ2v) is 2.42. The summed E-state index contributed by atoms with van der Waals surface area (Å²) in [4.78, 5) is 0. The maximum atomic E-state index is 11.8. The van der Waals surface area contributed by atoms with Gasteiger partial charge in [0.2, 0.25) is 0 Å². The summed E-state index contributed by atoms with van der Waals surface area (Å²) in [6.07, 6.45) is -1.09. The molecule has 0 aromatic heterocycles. The first-order chi connectivity index (χ1) is 5.72. The van der Waals surface area contributed by atoms with Gasteiger partial charge >= 0.3 is 0 Å². The van der Waals surface area contributed by atoms with Crippen molar-refractivity contribution in [3.8, 4) is 0 Å². The van der Waals surface area contributed by atoms with Crippen LogP contribution in [0.3, 0.4) is 0 Å². The smallest absolute Gasteiger partial charge is 0.205 e. The van der Waals surface area contributed by atoms with Gasteiger partial charge in [0, 0.05) is 5.56 Å². The van der Waals surface area contributed by atoms with Crippen molar-refractivity contribution in [2.75, 3.05) is 0 Å². The number of benzene rings is 1. The van der Waals surface area contributed by atoms with E-state index in [1.54, 1.807) is 18.2 Å². The maximum absolute atomic E-state index is 11.8. The van der Waals surface area contributed by atoms with Crippen LogP contribution in [0.15, 0.2) is 30.3 Å². The highest BCUT2D eigenvalue weighted by Crippen LogP contribution is 2.16. The first-order valence-electron chi connectivity index (χ1n) is 4.05. The van der Waals surface area contributed by atoms with Crippen LogP contribution in [0.2, 0.25) is 0 Å². The van der Waals surface area contributed by atoms with Crippen LogP contribution in [-0.4, -0.2) is 0 Å². The highest BCUT2D eigenvalue weighted by Gasteiger charge is 2.02. The highest BCUT2D eigenvalue weighted by atomic mass is 19.3. The molecular weight excluding hydrogens is 158 g/mol. The average molecular weight is 172 g/mol. The second kappa shape index (κ2) is 6.77. The molecule has 0 aliphatic heterocycles. The predicted octanol–water partition coefficient (Wildman–Crippen LogP) is 4.04. The van der Waals surface area contributed by atoms with E-state index in [-0.39, 0.29) is 5.56 Å². The minimum atomic E-state index is -2.34. The zero-order valence-corrected chi connectivity index (χ0v) is 7.43. The molecule has 0 atom stereocenters. The van der Waals surface area contributed by atoms with E-state index in [2.05, 4.69) is 13.8 Å². The summed E-state index contributed by atoms with van der Waals surface area (Å²) in [5.74, 6) is 0. The fraction of sp³-hybridized carbons (Fsp3) is 0.400. The van der Waals surface area contributed by atoms with Gasteiger partial charge in [0.15, 0.2) is 0 Å². The molecule has 0 heterocycles. The Bertz CT molecular complexity index is 182. The molecule has 12 heavy (non-hydrogen) atoms. The van der Waals surface area contributed by atoms with E-state index in [1.165, 1.54) is 18.6 Å². The fourth-order valence-electron chi connectivity index (χ4n) is 0.599. The standard InChI is InChI=1S/C7H6F2.C3H8/c8-7(9)6-4-2-1-3-5-6;1-3-2/h1-5,7H;3H2,1-2H3. The molecule has 0 saturated heterocycles. The van der Waals surface area contributed by atoms with Crippen LogP contribution in [-0.2, 0) is 0 Å². The molecule has 0 spiro atoms. The van der Waals surface area contributed by atoms with Gasteiger partial charge in [0.25, 0.3) is 6.43 Å². The monoisotopic (exact) mass is 172 g/mol. The molecule has 0 radical (unpaired) electrons. The van der Waals surface area contributed by atoms with Crippen molar-refractivity contribution in [2.45, 2.75) is 26.7 Å². The van der Waals surface area contributed by atoms with Crippen molar-refractivity contribution in [3.63, 3.8) is 0 Å². The molecule has 68 valence electrons. The number of hydrogen-bond donors (Lipinski definition) is 0. The van der Waals surface area contributed by atoms with E-state index in [1.807, 2.05) is 0 Å². The van der Waals surface area contributed by atoms with Crippen LogP contribution in [0.1, 0.15) is 32.3 Å². The number of halogens is 2. The molecule has 0 amide bonds. The molecule has 2 heteroatoms. The molecule has 0 saturated carbocycles. The van der Waals surface area contributed by atoms with Gasteiger partial charge < -0.3 is 0 Å². The molecule has 0 unspecified atom stereocenters. The van der Waals surface area contributed by atoms with Crippen molar-refractivity contribution < 1.29 is 8.78 Å². The Morgan fingerprint density at radius 2 is 1.50 bits per heavy atom. The summed E-state index contributed by atoms with van der Waals surface area (Å²) in [6, 6.07) is 7.73. The molecule has 1 aromatic carbocycles.